The van der Waals surface area contributed by atoms with Gasteiger partial charge in [-0.3, -0.25) is 4.79 Å². The molecule has 3 rings (SSSR count). The van der Waals surface area contributed by atoms with E-state index in [0.29, 0.717) is 29.7 Å². The van der Waals surface area contributed by atoms with Gasteiger partial charge in [-0.1, -0.05) is 11.8 Å². The number of nitrogens with one attached hydrogen (secondary N) is 1. The minimum Gasteiger partial charge on any atom is -0.353 e. The van der Waals surface area contributed by atoms with E-state index in [2.05, 4.69) is 22.4 Å². The van der Waals surface area contributed by atoms with Crippen molar-refractivity contribution in [1.29, 1.82) is 0 Å². The van der Waals surface area contributed by atoms with Gasteiger partial charge < -0.3 is 9.88 Å². The summed E-state index contributed by atoms with van der Waals surface area (Å²) in [6, 6.07) is 0.248. The predicted molar refractivity (Wildman–Crippen MR) is 92.5 cm³/mol. The Bertz CT molecular complexity index is 712. The number of amides is 1. The molecule has 1 N–H and O–H groups in total. The van der Waals surface area contributed by atoms with E-state index < -0.39 is 9.84 Å². The van der Waals surface area contributed by atoms with E-state index in [0.717, 1.165) is 5.82 Å². The van der Waals surface area contributed by atoms with Gasteiger partial charge in [-0.15, -0.1) is 10.2 Å². The Morgan fingerprint density at radius 3 is 2.75 bits per heavy atom. The van der Waals surface area contributed by atoms with Crippen molar-refractivity contribution in [1.82, 2.24) is 20.1 Å². The molecule has 1 saturated carbocycles. The first-order valence-corrected chi connectivity index (χ1v) is 11.2. The first-order chi connectivity index (χ1) is 11.3. The molecule has 0 aromatic carbocycles. The molecule has 24 heavy (non-hydrogen) atoms. The summed E-state index contributed by atoms with van der Waals surface area (Å²) in [6.45, 7) is 2.05. The molecule has 2 aliphatic rings. The fourth-order valence-electron chi connectivity index (χ4n) is 3.08. The van der Waals surface area contributed by atoms with Crippen molar-refractivity contribution < 1.29 is 13.2 Å². The highest BCUT2D eigenvalue weighted by Gasteiger charge is 2.30. The third-order valence-corrected chi connectivity index (χ3v) is 7.63. The normalized spacial score (nSPS) is 24.0. The molecule has 1 aromatic rings. The number of hydrogen-bond acceptors (Lipinski definition) is 6. The fourth-order valence-corrected chi connectivity index (χ4v) is 5.68. The van der Waals surface area contributed by atoms with Gasteiger partial charge in [-0.05, 0) is 38.0 Å². The molecule has 9 heteroatoms. The van der Waals surface area contributed by atoms with E-state index in [4.69, 9.17) is 0 Å². The molecule has 1 aromatic heterocycles. The molecule has 2 fully saturated rings. The van der Waals surface area contributed by atoms with Crippen molar-refractivity contribution in [2.75, 3.05) is 17.3 Å². The topological polar surface area (TPSA) is 94.0 Å². The molecular weight excluding hydrogens is 348 g/mol. The van der Waals surface area contributed by atoms with Crippen molar-refractivity contribution >= 4 is 27.5 Å². The summed E-state index contributed by atoms with van der Waals surface area (Å²) in [7, 11) is -1.01. The lowest BCUT2D eigenvalue weighted by Crippen LogP contribution is -2.35. The highest BCUT2D eigenvalue weighted by Crippen LogP contribution is 2.32. The van der Waals surface area contributed by atoms with Crippen molar-refractivity contribution in [3.63, 3.8) is 0 Å². The molecule has 1 aliphatic carbocycles. The van der Waals surface area contributed by atoms with Gasteiger partial charge in [-0.25, -0.2) is 8.42 Å². The van der Waals surface area contributed by atoms with Crippen LogP contribution in [0.4, 0.5) is 0 Å². The molecule has 2 atom stereocenters. The van der Waals surface area contributed by atoms with Gasteiger partial charge in [0.05, 0.1) is 17.3 Å². The maximum Gasteiger partial charge on any atom is 0.230 e. The standard InChI is InChI=1S/C15H24N4O3S2/c1-10(12-3-4-12)16-14(20)8-23-15-18-17-13(19(15)2)7-11-5-6-24(21,22)9-11/h10-12H,3-9H2,1-2H3,(H,16,20)/t10-,11-/m0/s1. The second kappa shape index (κ2) is 7.03. The van der Waals surface area contributed by atoms with Crippen LogP contribution in [0.5, 0.6) is 0 Å². The van der Waals surface area contributed by atoms with Crippen molar-refractivity contribution in [3.8, 4) is 0 Å². The zero-order valence-corrected chi connectivity index (χ0v) is 15.7. The van der Waals surface area contributed by atoms with Gasteiger partial charge in [0.1, 0.15) is 5.82 Å². The molecule has 0 bridgehead atoms. The third kappa shape index (κ3) is 4.50. The van der Waals surface area contributed by atoms with Crippen LogP contribution >= 0.6 is 11.8 Å². The zero-order valence-electron chi connectivity index (χ0n) is 14.1. The molecule has 2 heterocycles. The molecule has 0 radical (unpaired) electrons. The quantitative estimate of drug-likeness (QED) is 0.712. The molecule has 134 valence electrons. The van der Waals surface area contributed by atoms with E-state index >= 15 is 0 Å². The van der Waals surface area contributed by atoms with Gasteiger partial charge in [-0.2, -0.15) is 0 Å². The van der Waals surface area contributed by atoms with Gasteiger partial charge in [0.15, 0.2) is 15.0 Å². The van der Waals surface area contributed by atoms with Crippen molar-refractivity contribution in [2.24, 2.45) is 18.9 Å². The molecule has 0 spiro atoms. The lowest BCUT2D eigenvalue weighted by molar-refractivity contribution is -0.119. The van der Waals surface area contributed by atoms with Gasteiger partial charge in [0.25, 0.3) is 0 Å². The Labute approximate surface area is 146 Å². The monoisotopic (exact) mass is 372 g/mol. The van der Waals surface area contributed by atoms with Crippen LogP contribution in [0.2, 0.25) is 0 Å². The lowest BCUT2D eigenvalue weighted by Gasteiger charge is -2.12. The van der Waals surface area contributed by atoms with Gasteiger partial charge >= 0.3 is 0 Å². The van der Waals surface area contributed by atoms with Crippen LogP contribution in [0.25, 0.3) is 0 Å². The third-order valence-electron chi connectivity index (χ3n) is 4.77. The Kier molecular flexibility index (Phi) is 5.19. The van der Waals surface area contributed by atoms with Crippen molar-refractivity contribution in [2.45, 2.75) is 43.8 Å². The molecule has 1 amide bonds. The van der Waals surface area contributed by atoms with E-state index in [1.807, 2.05) is 11.6 Å². The minimum absolute atomic E-state index is 0.0193. The number of hydrogen-bond donors (Lipinski definition) is 1. The van der Waals surface area contributed by atoms with E-state index in [-0.39, 0.29) is 29.4 Å². The number of nitrogens with zero attached hydrogens (tertiary/aromatic N) is 3. The largest absolute Gasteiger partial charge is 0.353 e. The van der Waals surface area contributed by atoms with E-state index in [1.165, 1.54) is 24.6 Å². The fraction of sp³-hybridized carbons (Fsp3) is 0.800. The summed E-state index contributed by atoms with van der Waals surface area (Å²) >= 11 is 1.37. The molecular formula is C15H24N4O3S2. The first-order valence-electron chi connectivity index (χ1n) is 8.35. The van der Waals surface area contributed by atoms with E-state index in [1.54, 1.807) is 0 Å². The maximum absolute atomic E-state index is 12.0. The Morgan fingerprint density at radius 1 is 1.38 bits per heavy atom. The number of sulfone groups is 1. The van der Waals surface area contributed by atoms with Crippen LogP contribution in [0, 0.1) is 11.8 Å². The molecule has 1 saturated heterocycles. The highest BCUT2D eigenvalue weighted by atomic mass is 32.2. The first kappa shape index (κ1) is 17.7. The summed E-state index contributed by atoms with van der Waals surface area (Å²) in [5.41, 5.74) is 0. The van der Waals surface area contributed by atoms with Gasteiger partial charge in [0.2, 0.25) is 5.91 Å². The van der Waals surface area contributed by atoms with Crippen LogP contribution < -0.4 is 5.32 Å². The summed E-state index contributed by atoms with van der Waals surface area (Å²) in [5.74, 6) is 2.40. The summed E-state index contributed by atoms with van der Waals surface area (Å²) in [6.07, 6.45) is 3.73. The van der Waals surface area contributed by atoms with Crippen LogP contribution in [0.1, 0.15) is 32.0 Å². The summed E-state index contributed by atoms with van der Waals surface area (Å²) in [5, 5.41) is 12.0. The van der Waals surface area contributed by atoms with E-state index in [9.17, 15) is 13.2 Å². The molecule has 0 unspecified atom stereocenters. The second-order valence-corrected chi connectivity index (χ2v) is 10.1. The van der Waals surface area contributed by atoms with Crippen LogP contribution in [-0.2, 0) is 28.1 Å². The smallest absolute Gasteiger partial charge is 0.230 e. The average molecular weight is 373 g/mol. The number of carbonyl (C=O) groups excluding carboxylic acids is 1. The molecule has 7 nitrogen and oxygen atoms in total. The van der Waals surface area contributed by atoms with Gasteiger partial charge in [0, 0.05) is 19.5 Å². The van der Waals surface area contributed by atoms with Crippen LogP contribution in [0.15, 0.2) is 5.16 Å². The number of rotatable bonds is 7. The van der Waals surface area contributed by atoms with Crippen LogP contribution in [-0.4, -0.2) is 52.4 Å². The van der Waals surface area contributed by atoms with Crippen molar-refractivity contribution in [3.05, 3.63) is 5.82 Å². The SMILES string of the molecule is C[C@H](NC(=O)CSc1nnc(C[C@@H]2CCS(=O)(=O)C2)n1C)C1CC1. The number of thioether (sulfide) groups is 1. The Hall–Kier alpha value is -1.09. The maximum atomic E-state index is 12.0. The number of aromatic nitrogens is 3. The molecule has 1 aliphatic heterocycles. The highest BCUT2D eigenvalue weighted by molar-refractivity contribution is 7.99. The lowest BCUT2D eigenvalue weighted by atomic mass is 10.1. The zero-order chi connectivity index (χ0) is 17.3. The number of carbonyl (C=O) groups is 1. The van der Waals surface area contributed by atoms with Crippen LogP contribution in [0.3, 0.4) is 0 Å². The summed E-state index contributed by atoms with van der Waals surface area (Å²) in [4.78, 5) is 12.0. The second-order valence-electron chi connectivity index (χ2n) is 6.91. The predicted octanol–water partition coefficient (Wildman–Crippen LogP) is 0.799. The Balaban J connectivity index is 1.50. The Morgan fingerprint density at radius 2 is 2.12 bits per heavy atom. The average Bonchev–Trinajstić information content (AvgIpc) is 3.23. The summed E-state index contributed by atoms with van der Waals surface area (Å²) < 4.78 is 25.0. The minimum atomic E-state index is -2.87.